The molecule has 0 fully saturated rings. The molecule has 4 heteroatoms. The molecule has 0 heterocycles. The molecule has 4 nitrogen and oxygen atoms in total. The average Bonchev–Trinajstić information content (AvgIpc) is 2.77. The highest BCUT2D eigenvalue weighted by Crippen LogP contribution is 2.52. The quantitative estimate of drug-likeness (QED) is 0.768. The van der Waals surface area contributed by atoms with Crippen molar-refractivity contribution in [2.75, 3.05) is 28.4 Å². The van der Waals surface area contributed by atoms with Crippen LogP contribution in [0, 0.1) is 13.8 Å². The first kappa shape index (κ1) is 18.4. The van der Waals surface area contributed by atoms with Gasteiger partial charge in [0.15, 0.2) is 11.5 Å². The van der Waals surface area contributed by atoms with E-state index in [2.05, 4.69) is 32.9 Å². The molecule has 1 atom stereocenters. The molecule has 1 aliphatic carbocycles. The molecule has 0 spiro atoms. The maximum atomic E-state index is 5.82. The maximum absolute atomic E-state index is 5.82. The topological polar surface area (TPSA) is 36.9 Å². The van der Waals surface area contributed by atoms with E-state index >= 15 is 0 Å². The normalized spacial score (nSPS) is 15.6. The third-order valence-electron chi connectivity index (χ3n) is 5.48. The Morgan fingerprint density at radius 2 is 1.50 bits per heavy atom. The highest BCUT2D eigenvalue weighted by Gasteiger charge is 2.29. The molecule has 0 N–H and O–H groups in total. The van der Waals surface area contributed by atoms with Crippen LogP contribution in [0.25, 0.3) is 11.1 Å². The molecule has 0 bridgehead atoms. The van der Waals surface area contributed by atoms with Gasteiger partial charge in [0.25, 0.3) is 0 Å². The van der Waals surface area contributed by atoms with E-state index in [1.807, 2.05) is 0 Å². The molecule has 0 saturated heterocycles. The van der Waals surface area contributed by atoms with E-state index in [-0.39, 0.29) is 0 Å². The summed E-state index contributed by atoms with van der Waals surface area (Å²) in [4.78, 5) is 0. The molecular weight excluding hydrogens is 328 g/mol. The second kappa shape index (κ2) is 7.10. The van der Waals surface area contributed by atoms with E-state index in [0.717, 1.165) is 35.5 Å². The van der Waals surface area contributed by atoms with Crippen LogP contribution in [-0.4, -0.2) is 28.4 Å². The van der Waals surface area contributed by atoms with E-state index in [0.29, 0.717) is 17.4 Å². The highest BCUT2D eigenvalue weighted by atomic mass is 16.5. The smallest absolute Gasteiger partial charge is 0.203 e. The van der Waals surface area contributed by atoms with Crippen molar-refractivity contribution in [1.82, 2.24) is 0 Å². The monoisotopic (exact) mass is 356 g/mol. The summed E-state index contributed by atoms with van der Waals surface area (Å²) in [6, 6.07) is 4.31. The predicted molar refractivity (Wildman–Crippen MR) is 104 cm³/mol. The van der Waals surface area contributed by atoms with Gasteiger partial charge in [0.2, 0.25) is 5.75 Å². The van der Waals surface area contributed by atoms with Crippen molar-refractivity contribution in [2.24, 2.45) is 0 Å². The van der Waals surface area contributed by atoms with Gasteiger partial charge in [-0.3, -0.25) is 0 Å². The van der Waals surface area contributed by atoms with E-state index in [1.54, 1.807) is 28.4 Å². The molecular formula is C22H28O4. The Morgan fingerprint density at radius 1 is 0.846 bits per heavy atom. The van der Waals surface area contributed by atoms with Gasteiger partial charge in [0.05, 0.1) is 28.4 Å². The molecule has 2 aromatic rings. The second-order valence-corrected chi connectivity index (χ2v) is 6.93. The summed E-state index contributed by atoms with van der Waals surface area (Å²) < 4.78 is 22.7. The third-order valence-corrected chi connectivity index (χ3v) is 5.48. The van der Waals surface area contributed by atoms with Gasteiger partial charge in [-0.25, -0.2) is 0 Å². The molecule has 0 saturated carbocycles. The highest BCUT2D eigenvalue weighted by molar-refractivity contribution is 5.84. The van der Waals surface area contributed by atoms with Crippen molar-refractivity contribution < 1.29 is 18.9 Å². The fourth-order valence-electron chi connectivity index (χ4n) is 4.35. The molecule has 3 rings (SSSR count). The van der Waals surface area contributed by atoms with Crippen LogP contribution in [0.1, 0.15) is 41.5 Å². The first-order valence-electron chi connectivity index (χ1n) is 8.98. The molecule has 26 heavy (non-hydrogen) atoms. The van der Waals surface area contributed by atoms with Gasteiger partial charge >= 0.3 is 0 Å². The van der Waals surface area contributed by atoms with Crippen molar-refractivity contribution in [3.05, 3.63) is 34.4 Å². The summed E-state index contributed by atoms with van der Waals surface area (Å²) in [5, 5.41) is 0. The van der Waals surface area contributed by atoms with Crippen molar-refractivity contribution in [1.29, 1.82) is 0 Å². The van der Waals surface area contributed by atoms with E-state index in [1.165, 1.54) is 22.3 Å². The van der Waals surface area contributed by atoms with Crippen molar-refractivity contribution in [2.45, 2.75) is 39.5 Å². The van der Waals surface area contributed by atoms with Crippen molar-refractivity contribution in [3.8, 4) is 34.1 Å². The van der Waals surface area contributed by atoms with Crippen LogP contribution in [0.5, 0.6) is 23.0 Å². The molecule has 0 amide bonds. The summed E-state index contributed by atoms with van der Waals surface area (Å²) in [6.07, 6.45) is 2.02. The Kier molecular flexibility index (Phi) is 5.03. The van der Waals surface area contributed by atoms with Gasteiger partial charge in [-0.1, -0.05) is 6.92 Å². The number of methoxy groups -OCH3 is 4. The van der Waals surface area contributed by atoms with E-state index in [4.69, 9.17) is 18.9 Å². The predicted octanol–water partition coefficient (Wildman–Crippen LogP) is 5.05. The summed E-state index contributed by atoms with van der Waals surface area (Å²) in [6.45, 7) is 6.53. The Balaban J connectivity index is 2.44. The van der Waals surface area contributed by atoms with E-state index < -0.39 is 0 Å². The Morgan fingerprint density at radius 3 is 2.08 bits per heavy atom. The lowest BCUT2D eigenvalue weighted by molar-refractivity contribution is 0.324. The number of benzene rings is 2. The minimum atomic E-state index is 0.425. The fourth-order valence-corrected chi connectivity index (χ4v) is 4.35. The number of aryl methyl sites for hydroxylation is 2. The van der Waals surface area contributed by atoms with Gasteiger partial charge in [-0.2, -0.15) is 0 Å². The zero-order chi connectivity index (χ0) is 19.0. The molecule has 1 aliphatic rings. The standard InChI is InChI=1S/C22H28O4/c1-12-8-9-15-11-17(23-4)21(25-6)22(26-7)19(15)16-10-13(2)20(24-5)14(3)18(12)16/h10-12H,8-9H2,1-7H3. The Labute approximate surface area is 156 Å². The number of hydrogen-bond acceptors (Lipinski definition) is 4. The van der Waals surface area contributed by atoms with Crippen LogP contribution in [0.3, 0.4) is 0 Å². The molecule has 0 aliphatic heterocycles. The fraction of sp³-hybridized carbons (Fsp3) is 0.455. The van der Waals surface area contributed by atoms with Crippen LogP contribution < -0.4 is 18.9 Å². The average molecular weight is 356 g/mol. The molecule has 2 aromatic carbocycles. The molecule has 0 aromatic heterocycles. The maximum Gasteiger partial charge on any atom is 0.203 e. The van der Waals surface area contributed by atoms with Crippen molar-refractivity contribution in [3.63, 3.8) is 0 Å². The number of rotatable bonds is 4. The van der Waals surface area contributed by atoms with Crippen LogP contribution in [0.4, 0.5) is 0 Å². The van der Waals surface area contributed by atoms with Crippen LogP contribution in [-0.2, 0) is 6.42 Å². The number of hydrogen-bond donors (Lipinski definition) is 0. The van der Waals surface area contributed by atoms with Crippen LogP contribution in [0.2, 0.25) is 0 Å². The lowest BCUT2D eigenvalue weighted by Crippen LogP contribution is -2.03. The first-order valence-corrected chi connectivity index (χ1v) is 8.98. The van der Waals surface area contributed by atoms with Crippen LogP contribution >= 0.6 is 0 Å². The van der Waals surface area contributed by atoms with E-state index in [9.17, 15) is 0 Å². The van der Waals surface area contributed by atoms with Gasteiger partial charge in [-0.15, -0.1) is 0 Å². The van der Waals surface area contributed by atoms with Gasteiger partial charge in [0, 0.05) is 5.56 Å². The lowest BCUT2D eigenvalue weighted by Gasteiger charge is -2.23. The number of ether oxygens (including phenoxy) is 4. The summed E-state index contributed by atoms with van der Waals surface area (Å²) in [5.41, 5.74) is 7.21. The summed E-state index contributed by atoms with van der Waals surface area (Å²) in [5.74, 6) is 3.48. The summed E-state index contributed by atoms with van der Waals surface area (Å²) in [7, 11) is 6.74. The molecule has 1 unspecified atom stereocenters. The number of fused-ring (bicyclic) bond motifs is 3. The molecule has 140 valence electrons. The SMILES string of the molecule is COc1cc2c(c(OC)c1OC)-c1cc(C)c(OC)c(C)c1C(C)CC2. The minimum absolute atomic E-state index is 0.425. The second-order valence-electron chi connectivity index (χ2n) is 6.93. The zero-order valence-corrected chi connectivity index (χ0v) is 16.8. The Hall–Kier alpha value is -2.36. The molecule has 0 radical (unpaired) electrons. The van der Waals surface area contributed by atoms with Crippen LogP contribution in [0.15, 0.2) is 12.1 Å². The lowest BCUT2D eigenvalue weighted by atomic mass is 9.86. The van der Waals surface area contributed by atoms with Gasteiger partial charge in [-0.05, 0) is 72.6 Å². The Bertz CT molecular complexity index is 839. The van der Waals surface area contributed by atoms with Crippen molar-refractivity contribution >= 4 is 0 Å². The minimum Gasteiger partial charge on any atom is -0.496 e. The van der Waals surface area contributed by atoms with Gasteiger partial charge < -0.3 is 18.9 Å². The first-order chi connectivity index (χ1) is 12.5. The largest absolute Gasteiger partial charge is 0.496 e. The summed E-state index contributed by atoms with van der Waals surface area (Å²) >= 11 is 0. The van der Waals surface area contributed by atoms with Gasteiger partial charge in [0.1, 0.15) is 5.75 Å². The third kappa shape index (κ3) is 2.68. The zero-order valence-electron chi connectivity index (χ0n) is 16.8.